The summed E-state index contributed by atoms with van der Waals surface area (Å²) in [6, 6.07) is 5.82. The lowest BCUT2D eigenvalue weighted by atomic mass is 10.4. The second-order valence-electron chi connectivity index (χ2n) is 2.58. The van der Waals surface area contributed by atoms with E-state index in [9.17, 15) is 0 Å². The molecule has 0 spiro atoms. The topological polar surface area (TPSA) is 56.2 Å². The quantitative estimate of drug-likeness (QED) is 0.771. The van der Waals surface area contributed by atoms with Gasteiger partial charge in [0.25, 0.3) is 0 Å². The molecule has 2 aromatic heterocycles. The molecule has 2 rings (SSSR count). The lowest BCUT2D eigenvalue weighted by Crippen LogP contribution is -2.05. The van der Waals surface area contributed by atoms with E-state index in [1.54, 1.807) is 0 Å². The lowest BCUT2D eigenvalue weighted by Gasteiger charge is -1.94. The molecule has 0 aliphatic heterocycles. The van der Waals surface area contributed by atoms with Crippen LogP contribution in [0.15, 0.2) is 24.4 Å². The molecule has 0 atom stereocenters. The minimum absolute atomic E-state index is 0. The summed E-state index contributed by atoms with van der Waals surface area (Å²) in [5.41, 5.74) is 6.31. The Morgan fingerprint density at radius 1 is 1.31 bits per heavy atom. The molecule has 0 radical (unpaired) electrons. The molecular formula is C8H11ClN4. The number of hydrogen-bond donors (Lipinski definition) is 1. The molecule has 0 amide bonds. The van der Waals surface area contributed by atoms with Crippen molar-refractivity contribution in [2.45, 2.75) is 6.42 Å². The fourth-order valence-electron chi connectivity index (χ4n) is 1.19. The molecular weight excluding hydrogens is 188 g/mol. The SMILES string of the molecule is Cl.NCCc1nnc2ccccn12. The molecule has 0 bridgehead atoms. The highest BCUT2D eigenvalue weighted by Gasteiger charge is 2.01. The zero-order chi connectivity index (χ0) is 8.39. The van der Waals surface area contributed by atoms with E-state index in [4.69, 9.17) is 5.73 Å². The summed E-state index contributed by atoms with van der Waals surface area (Å²) in [7, 11) is 0. The normalized spacial score (nSPS) is 9.92. The van der Waals surface area contributed by atoms with Crippen LogP contribution >= 0.6 is 12.4 Å². The van der Waals surface area contributed by atoms with Crippen molar-refractivity contribution in [2.24, 2.45) is 5.73 Å². The molecule has 5 heteroatoms. The van der Waals surface area contributed by atoms with Crippen LogP contribution in [0, 0.1) is 0 Å². The van der Waals surface area contributed by atoms with Crippen LogP contribution in [0.3, 0.4) is 0 Å². The van der Waals surface area contributed by atoms with Crippen molar-refractivity contribution < 1.29 is 0 Å². The van der Waals surface area contributed by atoms with Crippen molar-refractivity contribution in [3.05, 3.63) is 30.2 Å². The molecule has 2 heterocycles. The largest absolute Gasteiger partial charge is 0.330 e. The van der Waals surface area contributed by atoms with Crippen molar-refractivity contribution in [2.75, 3.05) is 6.54 Å². The Kier molecular flexibility index (Phi) is 3.22. The third-order valence-corrected chi connectivity index (χ3v) is 1.75. The van der Waals surface area contributed by atoms with Gasteiger partial charge in [0.15, 0.2) is 5.65 Å². The first-order chi connectivity index (χ1) is 5.92. The number of pyridine rings is 1. The first-order valence-electron chi connectivity index (χ1n) is 3.90. The predicted octanol–water partition coefficient (Wildman–Crippen LogP) is 0.652. The smallest absolute Gasteiger partial charge is 0.160 e. The van der Waals surface area contributed by atoms with Crippen LogP contribution in [0.1, 0.15) is 5.82 Å². The van der Waals surface area contributed by atoms with Crippen LogP contribution in [-0.2, 0) is 6.42 Å². The average molecular weight is 199 g/mol. The molecule has 70 valence electrons. The van der Waals surface area contributed by atoms with Gasteiger partial charge < -0.3 is 5.73 Å². The molecule has 4 nitrogen and oxygen atoms in total. The molecule has 0 fully saturated rings. The van der Waals surface area contributed by atoms with E-state index in [1.165, 1.54) is 0 Å². The predicted molar refractivity (Wildman–Crippen MR) is 53.0 cm³/mol. The van der Waals surface area contributed by atoms with E-state index in [0.717, 1.165) is 17.9 Å². The van der Waals surface area contributed by atoms with Gasteiger partial charge in [-0.25, -0.2) is 0 Å². The maximum atomic E-state index is 5.43. The Labute approximate surface area is 82.2 Å². The van der Waals surface area contributed by atoms with Crippen molar-refractivity contribution in [1.29, 1.82) is 0 Å². The maximum Gasteiger partial charge on any atom is 0.160 e. The summed E-state index contributed by atoms with van der Waals surface area (Å²) >= 11 is 0. The van der Waals surface area contributed by atoms with E-state index >= 15 is 0 Å². The van der Waals surface area contributed by atoms with Crippen molar-refractivity contribution in [3.8, 4) is 0 Å². The summed E-state index contributed by atoms with van der Waals surface area (Å²) < 4.78 is 1.95. The van der Waals surface area contributed by atoms with E-state index in [1.807, 2.05) is 28.8 Å². The Morgan fingerprint density at radius 3 is 2.92 bits per heavy atom. The van der Waals surface area contributed by atoms with Crippen molar-refractivity contribution >= 4 is 18.1 Å². The van der Waals surface area contributed by atoms with E-state index < -0.39 is 0 Å². The summed E-state index contributed by atoms with van der Waals surface area (Å²) in [6.07, 6.45) is 2.71. The Bertz CT molecular complexity index is 384. The number of fused-ring (bicyclic) bond motifs is 1. The molecule has 0 saturated carbocycles. The van der Waals surface area contributed by atoms with Gasteiger partial charge in [-0.05, 0) is 18.7 Å². The average Bonchev–Trinajstić information content (AvgIpc) is 2.50. The van der Waals surface area contributed by atoms with Crippen LogP contribution in [0.4, 0.5) is 0 Å². The summed E-state index contributed by atoms with van der Waals surface area (Å²) in [5, 5.41) is 8.01. The number of halogens is 1. The van der Waals surface area contributed by atoms with Crippen LogP contribution in [0.2, 0.25) is 0 Å². The van der Waals surface area contributed by atoms with Crippen LogP contribution in [0.25, 0.3) is 5.65 Å². The molecule has 0 aromatic carbocycles. The van der Waals surface area contributed by atoms with Gasteiger partial charge in [-0.3, -0.25) is 4.40 Å². The minimum Gasteiger partial charge on any atom is -0.330 e. The first kappa shape index (κ1) is 9.95. The highest BCUT2D eigenvalue weighted by molar-refractivity contribution is 5.85. The van der Waals surface area contributed by atoms with Gasteiger partial charge in [-0.1, -0.05) is 6.07 Å². The molecule has 2 aromatic rings. The molecule has 2 N–H and O–H groups in total. The molecule has 13 heavy (non-hydrogen) atoms. The fourth-order valence-corrected chi connectivity index (χ4v) is 1.19. The van der Waals surface area contributed by atoms with Gasteiger partial charge >= 0.3 is 0 Å². The summed E-state index contributed by atoms with van der Waals surface area (Å²) in [6.45, 7) is 0.607. The highest BCUT2D eigenvalue weighted by Crippen LogP contribution is 2.02. The van der Waals surface area contributed by atoms with Gasteiger partial charge in [0.05, 0.1) is 0 Å². The highest BCUT2D eigenvalue weighted by atomic mass is 35.5. The molecule has 0 saturated heterocycles. The third-order valence-electron chi connectivity index (χ3n) is 1.75. The number of nitrogens with zero attached hydrogens (tertiary/aromatic N) is 3. The van der Waals surface area contributed by atoms with Crippen LogP contribution in [0.5, 0.6) is 0 Å². The van der Waals surface area contributed by atoms with E-state index in [0.29, 0.717) is 6.54 Å². The van der Waals surface area contributed by atoms with Crippen LogP contribution in [-0.4, -0.2) is 21.1 Å². The van der Waals surface area contributed by atoms with Gasteiger partial charge in [0.2, 0.25) is 0 Å². The second-order valence-corrected chi connectivity index (χ2v) is 2.58. The molecule has 0 unspecified atom stereocenters. The Hall–Kier alpha value is -1.13. The lowest BCUT2D eigenvalue weighted by molar-refractivity contribution is 0.848. The standard InChI is InChI=1S/C8H10N4.ClH/c9-5-4-8-11-10-7-3-1-2-6-12(7)8;/h1-3,6H,4-5,9H2;1H. The third kappa shape index (κ3) is 1.79. The zero-order valence-corrected chi connectivity index (χ0v) is 7.87. The van der Waals surface area contributed by atoms with E-state index in [-0.39, 0.29) is 12.4 Å². The van der Waals surface area contributed by atoms with Crippen molar-refractivity contribution in [3.63, 3.8) is 0 Å². The summed E-state index contributed by atoms with van der Waals surface area (Å²) in [4.78, 5) is 0. The number of rotatable bonds is 2. The summed E-state index contributed by atoms with van der Waals surface area (Å²) in [5.74, 6) is 0.924. The van der Waals surface area contributed by atoms with Gasteiger partial charge in [0.1, 0.15) is 5.82 Å². The van der Waals surface area contributed by atoms with Crippen molar-refractivity contribution in [1.82, 2.24) is 14.6 Å². The fraction of sp³-hybridized carbons (Fsp3) is 0.250. The Morgan fingerprint density at radius 2 is 2.15 bits per heavy atom. The second kappa shape index (κ2) is 4.20. The minimum atomic E-state index is 0. The van der Waals surface area contributed by atoms with Gasteiger partial charge in [-0.15, -0.1) is 22.6 Å². The maximum absolute atomic E-state index is 5.43. The first-order valence-corrected chi connectivity index (χ1v) is 3.90. The molecule has 0 aliphatic carbocycles. The monoisotopic (exact) mass is 198 g/mol. The number of nitrogens with two attached hydrogens (primary N) is 1. The Balaban J connectivity index is 0.000000845. The van der Waals surface area contributed by atoms with Crippen LogP contribution < -0.4 is 5.73 Å². The zero-order valence-electron chi connectivity index (χ0n) is 7.05. The van der Waals surface area contributed by atoms with E-state index in [2.05, 4.69) is 10.2 Å². The number of aromatic nitrogens is 3. The van der Waals surface area contributed by atoms with Gasteiger partial charge in [0, 0.05) is 12.6 Å². The molecule has 0 aliphatic rings. The number of hydrogen-bond acceptors (Lipinski definition) is 3. The van der Waals surface area contributed by atoms with Gasteiger partial charge in [-0.2, -0.15) is 0 Å².